The zero-order chi connectivity index (χ0) is 29.8. The molecule has 4 aromatic rings. The van der Waals surface area contributed by atoms with Gasteiger partial charge in [-0.05, 0) is 27.5 Å². The molecule has 8 nitrogen and oxygen atoms in total. The van der Waals surface area contributed by atoms with Crippen molar-refractivity contribution in [3.63, 3.8) is 0 Å². The summed E-state index contributed by atoms with van der Waals surface area (Å²) in [5.74, 6) is -0.263. The van der Waals surface area contributed by atoms with Crippen molar-refractivity contribution in [3.8, 4) is 0 Å². The Morgan fingerprint density at radius 3 is 2.30 bits per heavy atom. The molecule has 2 aliphatic rings. The summed E-state index contributed by atoms with van der Waals surface area (Å²) in [6.45, 7) is 5.12. The van der Waals surface area contributed by atoms with E-state index in [-0.39, 0.29) is 37.5 Å². The van der Waals surface area contributed by atoms with Gasteiger partial charge in [0.25, 0.3) is 0 Å². The molecule has 8 heteroatoms. The van der Waals surface area contributed by atoms with Crippen molar-refractivity contribution < 1.29 is 14.4 Å². The Labute approximate surface area is 251 Å². The lowest BCUT2D eigenvalue weighted by molar-refractivity contribution is -0.157. The second-order valence-electron chi connectivity index (χ2n) is 11.0. The third-order valence-corrected chi connectivity index (χ3v) is 8.21. The number of hydrogen-bond donors (Lipinski definition) is 1. The summed E-state index contributed by atoms with van der Waals surface area (Å²) >= 11 is 0. The molecular weight excluding hydrogens is 538 g/mol. The van der Waals surface area contributed by atoms with Gasteiger partial charge in [-0.25, -0.2) is 4.79 Å². The molecule has 0 saturated carbocycles. The Morgan fingerprint density at radius 2 is 1.56 bits per heavy atom. The van der Waals surface area contributed by atoms with E-state index in [1.165, 1.54) is 0 Å². The number of carbonyl (C=O) groups excluding carboxylic acids is 3. The molecule has 4 amide bonds. The monoisotopic (exact) mass is 573 g/mol. The second kappa shape index (κ2) is 12.5. The molecule has 2 aliphatic heterocycles. The minimum absolute atomic E-state index is 0.00204. The Bertz CT molecular complexity index is 1620. The van der Waals surface area contributed by atoms with Crippen molar-refractivity contribution in [2.45, 2.75) is 31.7 Å². The van der Waals surface area contributed by atoms with E-state index >= 15 is 0 Å². The molecule has 1 N–H and O–H groups in total. The molecule has 6 rings (SSSR count). The summed E-state index contributed by atoms with van der Waals surface area (Å²) in [5.41, 5.74) is 2.99. The lowest BCUT2D eigenvalue weighted by atomic mass is 9.99. The number of carbonyl (C=O) groups is 3. The van der Waals surface area contributed by atoms with Crippen molar-refractivity contribution in [3.05, 3.63) is 132 Å². The minimum Gasteiger partial charge on any atom is -0.333 e. The first kappa shape index (κ1) is 28.2. The predicted octanol–water partition coefficient (Wildman–Crippen LogP) is 4.58. The summed E-state index contributed by atoms with van der Waals surface area (Å²) < 4.78 is 0. The van der Waals surface area contributed by atoms with E-state index in [9.17, 15) is 14.4 Å². The van der Waals surface area contributed by atoms with E-state index in [4.69, 9.17) is 0 Å². The zero-order valence-corrected chi connectivity index (χ0v) is 24.0. The van der Waals surface area contributed by atoms with Gasteiger partial charge in [-0.2, -0.15) is 5.01 Å². The van der Waals surface area contributed by atoms with Crippen LogP contribution in [0.15, 0.2) is 116 Å². The quantitative estimate of drug-likeness (QED) is 0.298. The fourth-order valence-corrected chi connectivity index (χ4v) is 6.16. The third-order valence-electron chi connectivity index (χ3n) is 8.21. The average Bonchev–Trinajstić information content (AvgIpc) is 3.36. The number of benzene rings is 4. The number of urea groups is 1. The Morgan fingerprint density at radius 1 is 0.884 bits per heavy atom. The number of hydrazine groups is 1. The highest BCUT2D eigenvalue weighted by atomic mass is 16.2. The van der Waals surface area contributed by atoms with Crippen LogP contribution >= 0.6 is 0 Å². The molecule has 2 heterocycles. The molecule has 0 spiro atoms. The van der Waals surface area contributed by atoms with Crippen LogP contribution in [0.25, 0.3) is 10.8 Å². The van der Waals surface area contributed by atoms with E-state index in [1.54, 1.807) is 21.0 Å². The van der Waals surface area contributed by atoms with Crippen molar-refractivity contribution >= 4 is 28.6 Å². The summed E-state index contributed by atoms with van der Waals surface area (Å²) in [6.07, 6.45) is 1.54. The Hall–Kier alpha value is -4.95. The maximum absolute atomic E-state index is 14.2. The Kier molecular flexibility index (Phi) is 8.20. The van der Waals surface area contributed by atoms with Gasteiger partial charge in [0.1, 0.15) is 12.2 Å². The number of hydrogen-bond acceptors (Lipinski definition) is 4. The predicted molar refractivity (Wildman–Crippen MR) is 166 cm³/mol. The van der Waals surface area contributed by atoms with Crippen LogP contribution < -0.4 is 5.32 Å². The molecule has 43 heavy (non-hydrogen) atoms. The summed E-state index contributed by atoms with van der Waals surface area (Å²) in [5, 5.41) is 8.53. The van der Waals surface area contributed by atoms with Crippen molar-refractivity contribution in [2.75, 3.05) is 19.6 Å². The molecule has 2 saturated heterocycles. The van der Waals surface area contributed by atoms with Crippen LogP contribution in [0, 0.1) is 0 Å². The van der Waals surface area contributed by atoms with Gasteiger partial charge in [0.2, 0.25) is 11.8 Å². The van der Waals surface area contributed by atoms with Crippen LogP contribution in [-0.4, -0.2) is 69.5 Å². The van der Waals surface area contributed by atoms with Gasteiger partial charge in [-0.15, -0.1) is 6.58 Å². The summed E-state index contributed by atoms with van der Waals surface area (Å²) in [7, 11) is 0. The van der Waals surface area contributed by atoms with Crippen LogP contribution in [0.5, 0.6) is 0 Å². The molecule has 0 unspecified atom stereocenters. The fraction of sp³-hybridized carbons (Fsp3) is 0.229. The molecular formula is C35H35N5O3. The fourth-order valence-electron chi connectivity index (χ4n) is 6.16. The normalized spacial score (nSPS) is 18.5. The lowest BCUT2D eigenvalue weighted by Crippen LogP contribution is -2.66. The van der Waals surface area contributed by atoms with E-state index < -0.39 is 12.2 Å². The third kappa shape index (κ3) is 5.87. The maximum Gasteiger partial charge on any atom is 0.332 e. The van der Waals surface area contributed by atoms with Gasteiger partial charge < -0.3 is 15.1 Å². The van der Waals surface area contributed by atoms with Gasteiger partial charge in [-0.3, -0.25) is 14.6 Å². The molecule has 0 aliphatic carbocycles. The van der Waals surface area contributed by atoms with Crippen molar-refractivity contribution in [2.24, 2.45) is 0 Å². The number of amides is 4. The molecule has 4 aromatic carbocycles. The number of piperazine rings is 1. The maximum atomic E-state index is 14.2. The highest BCUT2D eigenvalue weighted by molar-refractivity contribution is 5.92. The number of rotatable bonds is 9. The SMILES string of the molecule is C=CCN(C(=O)NCc1ccccc1)N1CC(=O)N2[C@@H](Cc3ccccc3)C(=O)N(Cc3cccc4ccccc34)C[C@@H]21. The van der Waals surface area contributed by atoms with Gasteiger partial charge >= 0.3 is 6.03 Å². The first-order chi connectivity index (χ1) is 21.0. The zero-order valence-electron chi connectivity index (χ0n) is 24.0. The lowest BCUT2D eigenvalue weighted by Gasteiger charge is -2.46. The molecule has 218 valence electrons. The van der Waals surface area contributed by atoms with Crippen LogP contribution in [-0.2, 0) is 29.1 Å². The molecule has 0 aromatic heterocycles. The van der Waals surface area contributed by atoms with E-state index in [2.05, 4.69) is 30.1 Å². The van der Waals surface area contributed by atoms with E-state index in [1.807, 2.05) is 89.8 Å². The Balaban J connectivity index is 1.31. The van der Waals surface area contributed by atoms with Gasteiger partial charge in [0.05, 0.1) is 19.6 Å². The smallest absolute Gasteiger partial charge is 0.332 e. The molecule has 2 atom stereocenters. The van der Waals surface area contributed by atoms with Crippen LogP contribution in [0.4, 0.5) is 4.79 Å². The molecule has 0 bridgehead atoms. The number of fused-ring (bicyclic) bond motifs is 2. The topological polar surface area (TPSA) is 76.2 Å². The first-order valence-electron chi connectivity index (χ1n) is 14.6. The van der Waals surface area contributed by atoms with Crippen LogP contribution in [0.2, 0.25) is 0 Å². The summed E-state index contributed by atoms with van der Waals surface area (Å²) in [4.78, 5) is 44.9. The molecule has 2 fully saturated rings. The second-order valence-corrected chi connectivity index (χ2v) is 11.0. The van der Waals surface area contributed by atoms with Gasteiger partial charge in [0.15, 0.2) is 0 Å². The van der Waals surface area contributed by atoms with E-state index in [0.29, 0.717) is 19.5 Å². The first-order valence-corrected chi connectivity index (χ1v) is 14.6. The van der Waals surface area contributed by atoms with Crippen LogP contribution in [0.1, 0.15) is 16.7 Å². The van der Waals surface area contributed by atoms with Gasteiger partial charge in [0, 0.05) is 19.5 Å². The highest BCUT2D eigenvalue weighted by Crippen LogP contribution is 2.31. The average molecular weight is 574 g/mol. The van der Waals surface area contributed by atoms with Crippen molar-refractivity contribution in [1.29, 1.82) is 0 Å². The largest absolute Gasteiger partial charge is 0.333 e. The number of nitrogens with one attached hydrogen (secondary N) is 1. The van der Waals surface area contributed by atoms with Crippen LogP contribution in [0.3, 0.4) is 0 Å². The molecule has 0 radical (unpaired) electrons. The standard InChI is InChI=1S/C35H35N5O3/c1-2-20-38(35(43)36-22-27-14-7-4-8-15-27)39-25-33(41)40-31(21-26-12-5-3-6-13-26)34(42)37(24-32(39)40)23-29-18-11-17-28-16-9-10-19-30(28)29/h2-19,31-32H,1,20-25H2,(H,36,43)/t31-,32+/m0/s1. The highest BCUT2D eigenvalue weighted by Gasteiger charge is 2.52. The number of nitrogens with zero attached hydrogens (tertiary/aromatic N) is 4. The minimum atomic E-state index is -0.688. The van der Waals surface area contributed by atoms with Gasteiger partial charge in [-0.1, -0.05) is 109 Å². The van der Waals surface area contributed by atoms with Crippen molar-refractivity contribution in [1.82, 2.24) is 25.1 Å². The van der Waals surface area contributed by atoms with E-state index in [0.717, 1.165) is 27.5 Å². The summed E-state index contributed by atoms with van der Waals surface area (Å²) in [6, 6.07) is 32.7.